The molecule has 1 atom stereocenters. The molecule has 4 rings (SSSR count). The smallest absolute Gasteiger partial charge is 0.131 e. The van der Waals surface area contributed by atoms with E-state index in [1.807, 2.05) is 18.2 Å². The van der Waals surface area contributed by atoms with Crippen LogP contribution in [0, 0.1) is 11.7 Å². The van der Waals surface area contributed by atoms with Gasteiger partial charge in [0.2, 0.25) is 0 Å². The van der Waals surface area contributed by atoms with Crippen molar-refractivity contribution in [3.8, 4) is 0 Å². The molecule has 0 bridgehead atoms. The monoisotopic (exact) mass is 492 g/mol. The van der Waals surface area contributed by atoms with Crippen molar-refractivity contribution in [1.82, 2.24) is 0 Å². The Hall–Kier alpha value is -1.86. The summed E-state index contributed by atoms with van der Waals surface area (Å²) in [4.78, 5) is -0.321. The van der Waals surface area contributed by atoms with Crippen molar-refractivity contribution in [2.45, 2.75) is 101 Å². The summed E-state index contributed by atoms with van der Waals surface area (Å²) < 4.78 is 14.1. The third-order valence-electron chi connectivity index (χ3n) is 8.24. The minimum Gasteiger partial charge on any atom is -0.206 e. The van der Waals surface area contributed by atoms with E-state index in [0.29, 0.717) is 5.56 Å². The number of unbranched alkanes of at least 4 members (excludes halogenated alkanes) is 4. The highest BCUT2D eigenvalue weighted by atomic mass is 35.5. The number of allylic oxidation sites excluding steroid dienone is 4. The van der Waals surface area contributed by atoms with Gasteiger partial charge in [-0.2, -0.15) is 0 Å². The minimum absolute atomic E-state index is 0.167. The van der Waals surface area contributed by atoms with Crippen LogP contribution >= 0.6 is 11.6 Å². The van der Waals surface area contributed by atoms with Crippen LogP contribution in [0.15, 0.2) is 66.8 Å². The number of hydrogen-bond donors (Lipinski definition) is 0. The molecule has 0 aliphatic heterocycles. The summed E-state index contributed by atoms with van der Waals surface area (Å²) in [6.07, 6.45) is 22.3. The molecule has 0 aromatic heterocycles. The molecule has 0 N–H and O–H groups in total. The molecule has 0 saturated heterocycles. The largest absolute Gasteiger partial charge is 0.206 e. The fraction of sp³-hybridized carbons (Fsp3) is 0.515. The van der Waals surface area contributed by atoms with E-state index in [9.17, 15) is 4.39 Å². The fourth-order valence-electron chi connectivity index (χ4n) is 5.85. The van der Waals surface area contributed by atoms with Crippen LogP contribution in [0.3, 0.4) is 0 Å². The molecule has 2 aliphatic carbocycles. The summed E-state index contributed by atoms with van der Waals surface area (Å²) in [5.74, 6) is 1.32. The molecule has 0 nitrogen and oxygen atoms in total. The van der Waals surface area contributed by atoms with Gasteiger partial charge >= 0.3 is 0 Å². The van der Waals surface area contributed by atoms with Gasteiger partial charge < -0.3 is 0 Å². The molecule has 1 saturated carbocycles. The van der Waals surface area contributed by atoms with E-state index in [4.69, 9.17) is 11.6 Å². The quantitative estimate of drug-likeness (QED) is 0.216. The number of halogens is 2. The van der Waals surface area contributed by atoms with Crippen molar-refractivity contribution >= 4 is 17.2 Å². The molecule has 0 amide bonds. The second kappa shape index (κ2) is 12.9. The topological polar surface area (TPSA) is 0 Å². The average molecular weight is 493 g/mol. The van der Waals surface area contributed by atoms with Gasteiger partial charge in [-0.3, -0.25) is 0 Å². The molecule has 0 spiro atoms. The standard InChI is InChI=1S/C33H42ClF/c1-2-3-4-5-6-9-26-12-16-28(17-13-26)29-18-14-27(15-19-29)20-23-33(34)24-21-30(22-25-33)31-10-7-8-11-32(31)35/h7-8,10-13,16-17,21-22,24,27,29H,2-6,9,14-15,18-20,23,25H2,1H3. The van der Waals surface area contributed by atoms with Gasteiger partial charge in [-0.1, -0.05) is 93.3 Å². The van der Waals surface area contributed by atoms with Gasteiger partial charge in [0.05, 0.1) is 4.87 Å². The first kappa shape index (κ1) is 26.2. The minimum atomic E-state index is -0.321. The van der Waals surface area contributed by atoms with Crippen molar-refractivity contribution in [1.29, 1.82) is 0 Å². The van der Waals surface area contributed by atoms with Crippen LogP contribution in [-0.4, -0.2) is 4.87 Å². The summed E-state index contributed by atoms with van der Waals surface area (Å²) in [5.41, 5.74) is 4.65. The van der Waals surface area contributed by atoms with Gasteiger partial charge in [0.1, 0.15) is 5.82 Å². The van der Waals surface area contributed by atoms with Gasteiger partial charge in [0.15, 0.2) is 0 Å². The lowest BCUT2D eigenvalue weighted by atomic mass is 9.76. The van der Waals surface area contributed by atoms with Gasteiger partial charge in [-0.15, -0.1) is 11.6 Å². The van der Waals surface area contributed by atoms with Crippen LogP contribution in [0.25, 0.3) is 5.57 Å². The van der Waals surface area contributed by atoms with Crippen LogP contribution in [0.5, 0.6) is 0 Å². The van der Waals surface area contributed by atoms with E-state index >= 15 is 0 Å². The zero-order valence-electron chi connectivity index (χ0n) is 21.5. The third-order valence-corrected chi connectivity index (χ3v) is 8.71. The number of rotatable bonds is 11. The number of hydrogen-bond acceptors (Lipinski definition) is 0. The molecular weight excluding hydrogens is 451 g/mol. The molecule has 0 radical (unpaired) electrons. The Balaban J connectivity index is 1.19. The predicted molar refractivity (Wildman–Crippen MR) is 150 cm³/mol. The second-order valence-corrected chi connectivity index (χ2v) is 11.6. The zero-order chi connectivity index (χ0) is 24.5. The molecule has 2 aromatic rings. The van der Waals surface area contributed by atoms with Gasteiger partial charge in [-0.05, 0) is 92.4 Å². The Morgan fingerprint density at radius 1 is 0.914 bits per heavy atom. The van der Waals surface area contributed by atoms with E-state index in [1.165, 1.54) is 87.8 Å². The maximum Gasteiger partial charge on any atom is 0.131 e. The maximum absolute atomic E-state index is 14.1. The Morgan fingerprint density at radius 3 is 2.34 bits per heavy atom. The van der Waals surface area contributed by atoms with Crippen LogP contribution in [0.4, 0.5) is 4.39 Å². The third kappa shape index (κ3) is 7.56. The molecule has 1 unspecified atom stereocenters. The Labute approximate surface area is 217 Å². The molecule has 2 heteroatoms. The van der Waals surface area contributed by atoms with Crippen LogP contribution < -0.4 is 0 Å². The zero-order valence-corrected chi connectivity index (χ0v) is 22.2. The van der Waals surface area contributed by atoms with E-state index in [1.54, 1.807) is 6.07 Å². The Kier molecular flexibility index (Phi) is 9.67. The summed E-state index contributed by atoms with van der Waals surface area (Å²) in [7, 11) is 0. The predicted octanol–water partition coefficient (Wildman–Crippen LogP) is 10.4. The van der Waals surface area contributed by atoms with Crippen molar-refractivity contribution in [2.24, 2.45) is 5.92 Å². The Morgan fingerprint density at radius 2 is 1.66 bits per heavy atom. The van der Waals surface area contributed by atoms with Gasteiger partial charge in [0, 0.05) is 5.56 Å². The van der Waals surface area contributed by atoms with Crippen molar-refractivity contribution in [3.05, 3.63) is 89.3 Å². The Bertz CT molecular complexity index is 980. The number of aryl methyl sites for hydroxylation is 1. The van der Waals surface area contributed by atoms with Crippen molar-refractivity contribution in [2.75, 3.05) is 0 Å². The highest BCUT2D eigenvalue weighted by Gasteiger charge is 2.29. The molecule has 2 aliphatic rings. The lowest BCUT2D eigenvalue weighted by Gasteiger charge is -2.32. The highest BCUT2D eigenvalue weighted by Crippen LogP contribution is 2.41. The van der Waals surface area contributed by atoms with E-state index in [2.05, 4.69) is 43.3 Å². The SMILES string of the molecule is CCCCCCCc1ccc(C2CCC(CCC3(Cl)C=CC(c4ccccc4F)=CC3)CC2)cc1. The van der Waals surface area contributed by atoms with Gasteiger partial charge in [-0.25, -0.2) is 4.39 Å². The molecular formula is C33H42ClF. The van der Waals surface area contributed by atoms with Crippen molar-refractivity contribution < 1.29 is 4.39 Å². The summed E-state index contributed by atoms with van der Waals surface area (Å²) in [6.45, 7) is 2.28. The van der Waals surface area contributed by atoms with Crippen molar-refractivity contribution in [3.63, 3.8) is 0 Å². The lowest BCUT2D eigenvalue weighted by Crippen LogP contribution is -2.22. The summed E-state index contributed by atoms with van der Waals surface area (Å²) in [5, 5.41) is 0. The molecule has 2 aromatic carbocycles. The van der Waals surface area contributed by atoms with E-state index in [0.717, 1.165) is 30.3 Å². The van der Waals surface area contributed by atoms with Crippen LogP contribution in [0.1, 0.15) is 107 Å². The summed E-state index contributed by atoms with van der Waals surface area (Å²) >= 11 is 6.96. The molecule has 1 fully saturated rings. The van der Waals surface area contributed by atoms with Crippen LogP contribution in [-0.2, 0) is 6.42 Å². The highest BCUT2D eigenvalue weighted by molar-refractivity contribution is 6.25. The molecule has 35 heavy (non-hydrogen) atoms. The summed E-state index contributed by atoms with van der Waals surface area (Å²) in [6, 6.07) is 16.5. The first-order chi connectivity index (χ1) is 17.1. The molecule has 0 heterocycles. The normalized spacial score (nSPS) is 24.4. The van der Waals surface area contributed by atoms with E-state index < -0.39 is 0 Å². The average Bonchev–Trinajstić information content (AvgIpc) is 2.89. The molecule has 188 valence electrons. The maximum atomic E-state index is 14.1. The second-order valence-electron chi connectivity index (χ2n) is 10.9. The first-order valence-corrected chi connectivity index (χ1v) is 14.4. The lowest BCUT2D eigenvalue weighted by molar-refractivity contribution is 0.298. The fourth-order valence-corrected chi connectivity index (χ4v) is 6.10. The van der Waals surface area contributed by atoms with Crippen LogP contribution in [0.2, 0.25) is 0 Å². The number of benzene rings is 2. The van der Waals surface area contributed by atoms with Gasteiger partial charge in [0.25, 0.3) is 0 Å². The first-order valence-electron chi connectivity index (χ1n) is 14.0. The van der Waals surface area contributed by atoms with E-state index in [-0.39, 0.29) is 10.7 Å². The number of alkyl halides is 1.